The quantitative estimate of drug-likeness (QED) is 0.115. The minimum atomic E-state index is -1.75. The summed E-state index contributed by atoms with van der Waals surface area (Å²) in [6.45, 7) is 5.85. The largest absolute Gasteiger partial charge is 0.475 e. The summed E-state index contributed by atoms with van der Waals surface area (Å²) in [4.78, 5) is 25.5. The Morgan fingerprint density at radius 3 is 2.48 bits per heavy atom. The Morgan fingerprint density at radius 2 is 1.90 bits per heavy atom. The Hall–Kier alpha value is -2.66. The highest BCUT2D eigenvalue weighted by Crippen LogP contribution is 2.12. The zero-order valence-corrected chi connectivity index (χ0v) is 18.5. The summed E-state index contributed by atoms with van der Waals surface area (Å²) in [6, 6.07) is 3.10. The first kappa shape index (κ1) is 26.4. The predicted octanol–water partition coefficient (Wildman–Crippen LogP) is 0.299. The van der Waals surface area contributed by atoms with Gasteiger partial charge in [-0.15, -0.1) is 0 Å². The van der Waals surface area contributed by atoms with Crippen molar-refractivity contribution < 1.29 is 24.0 Å². The summed E-state index contributed by atoms with van der Waals surface area (Å²) >= 11 is 0. The van der Waals surface area contributed by atoms with Gasteiger partial charge in [0.25, 0.3) is 5.91 Å². The van der Waals surface area contributed by atoms with Crippen LogP contribution in [0.15, 0.2) is 18.2 Å². The second-order valence-electron chi connectivity index (χ2n) is 7.86. The summed E-state index contributed by atoms with van der Waals surface area (Å²) in [5, 5.41) is 37.2. The van der Waals surface area contributed by atoms with Crippen LogP contribution in [0.2, 0.25) is 0 Å². The third kappa shape index (κ3) is 9.35. The van der Waals surface area contributed by atoms with E-state index in [1.54, 1.807) is 14.0 Å². The number of hydrogen-bond acceptors (Lipinski definition) is 5. The Morgan fingerprint density at radius 1 is 1.23 bits per heavy atom. The minimum Gasteiger partial charge on any atom is -0.426 e. The maximum atomic E-state index is 14.1. The highest BCUT2D eigenvalue weighted by Gasteiger charge is 2.30. The van der Waals surface area contributed by atoms with E-state index in [-0.39, 0.29) is 23.9 Å². The van der Waals surface area contributed by atoms with E-state index < -0.39 is 36.7 Å². The molecule has 31 heavy (non-hydrogen) atoms. The molecule has 0 radical (unpaired) electrons. The molecule has 0 aliphatic rings. The van der Waals surface area contributed by atoms with Crippen LogP contribution in [-0.2, 0) is 4.79 Å². The number of amides is 2. The van der Waals surface area contributed by atoms with Gasteiger partial charge in [0.1, 0.15) is 11.9 Å². The molecule has 0 aliphatic heterocycles. The molecule has 0 unspecified atom stereocenters. The molecule has 0 saturated heterocycles. The molecule has 7 N–H and O–H groups in total. The summed E-state index contributed by atoms with van der Waals surface area (Å²) in [7, 11) is -0.160. The molecule has 0 aromatic heterocycles. The summed E-state index contributed by atoms with van der Waals surface area (Å²) in [6.07, 6.45) is 0.956. The van der Waals surface area contributed by atoms with E-state index in [1.165, 1.54) is 18.2 Å². The first-order chi connectivity index (χ1) is 14.5. The summed E-state index contributed by atoms with van der Waals surface area (Å²) < 4.78 is 14.1. The number of rotatable bonds is 11. The Labute approximate surface area is 182 Å². The van der Waals surface area contributed by atoms with Crippen molar-refractivity contribution in [2.75, 3.05) is 13.6 Å². The van der Waals surface area contributed by atoms with Crippen LogP contribution in [0.5, 0.6) is 0 Å². The smallest absolute Gasteiger partial charge is 0.426 e. The lowest BCUT2D eigenvalue weighted by Crippen LogP contribution is -2.54. The number of hydrogen-bond donors (Lipinski definition) is 7. The topological polar surface area (TPSA) is 147 Å². The van der Waals surface area contributed by atoms with Crippen molar-refractivity contribution in [3.63, 3.8) is 0 Å². The van der Waals surface area contributed by atoms with Crippen LogP contribution < -0.4 is 21.3 Å². The van der Waals surface area contributed by atoms with E-state index in [4.69, 9.17) is 5.41 Å². The van der Waals surface area contributed by atoms with Crippen molar-refractivity contribution in [3.8, 4) is 0 Å². The molecule has 0 heterocycles. The lowest BCUT2D eigenvalue weighted by atomic mass is 9.75. The van der Waals surface area contributed by atoms with Crippen LogP contribution in [0.4, 0.5) is 4.39 Å². The summed E-state index contributed by atoms with van der Waals surface area (Å²) in [5.74, 6) is -2.72. The molecule has 0 bridgehead atoms. The van der Waals surface area contributed by atoms with E-state index in [9.17, 15) is 24.0 Å². The van der Waals surface area contributed by atoms with Crippen LogP contribution in [0, 0.1) is 24.1 Å². The molecule has 2 amide bonds. The molecule has 1 aromatic carbocycles. The second kappa shape index (κ2) is 12.9. The molecule has 2 atom stereocenters. The molecule has 0 saturated carbocycles. The van der Waals surface area contributed by atoms with Gasteiger partial charge in [-0.3, -0.25) is 15.0 Å². The Balaban J connectivity index is 2.93. The average Bonchev–Trinajstić information content (AvgIpc) is 2.70. The lowest BCUT2D eigenvalue weighted by molar-refractivity contribution is -0.123. The van der Waals surface area contributed by atoms with Crippen molar-refractivity contribution in [1.29, 1.82) is 5.41 Å². The van der Waals surface area contributed by atoms with Crippen molar-refractivity contribution in [2.24, 2.45) is 5.92 Å². The second-order valence-corrected chi connectivity index (χ2v) is 7.86. The first-order valence-corrected chi connectivity index (χ1v) is 10.3. The average molecular weight is 437 g/mol. The fourth-order valence-corrected chi connectivity index (χ4v) is 2.97. The zero-order chi connectivity index (χ0) is 23.6. The van der Waals surface area contributed by atoms with Crippen LogP contribution >= 0.6 is 0 Å². The molecule has 9 nitrogen and oxygen atoms in total. The van der Waals surface area contributed by atoms with Crippen LogP contribution in [0.1, 0.15) is 49.0 Å². The fourth-order valence-electron chi connectivity index (χ4n) is 2.97. The number of halogens is 1. The number of carbonyl (C=O) groups excluding carboxylic acids is 2. The summed E-state index contributed by atoms with van der Waals surface area (Å²) in [5.41, 5.74) is 0.525. The van der Waals surface area contributed by atoms with Gasteiger partial charge in [0.05, 0.1) is 11.5 Å². The van der Waals surface area contributed by atoms with Crippen LogP contribution in [0.25, 0.3) is 0 Å². The van der Waals surface area contributed by atoms with Crippen molar-refractivity contribution in [1.82, 2.24) is 21.3 Å². The first-order valence-electron chi connectivity index (χ1n) is 10.3. The van der Waals surface area contributed by atoms with Gasteiger partial charge < -0.3 is 31.3 Å². The molecule has 1 aromatic rings. The molecular weight excluding hydrogens is 404 g/mol. The van der Waals surface area contributed by atoms with E-state index in [1.807, 2.05) is 13.8 Å². The van der Waals surface area contributed by atoms with Gasteiger partial charge in [-0.2, -0.15) is 0 Å². The highest BCUT2D eigenvalue weighted by atomic mass is 19.1. The maximum Gasteiger partial charge on any atom is 0.475 e. The molecule has 172 valence electrons. The van der Waals surface area contributed by atoms with Gasteiger partial charge in [-0.05, 0) is 44.2 Å². The van der Waals surface area contributed by atoms with Crippen LogP contribution in [-0.4, -0.2) is 60.5 Å². The maximum absolute atomic E-state index is 14.1. The van der Waals surface area contributed by atoms with Crippen molar-refractivity contribution >= 4 is 24.9 Å². The number of guanidine groups is 1. The van der Waals surface area contributed by atoms with E-state index in [0.717, 1.165) is 0 Å². The zero-order valence-electron chi connectivity index (χ0n) is 18.5. The van der Waals surface area contributed by atoms with Gasteiger partial charge in [0.15, 0.2) is 5.96 Å². The highest BCUT2D eigenvalue weighted by molar-refractivity contribution is 6.43. The standard InChI is InChI=1S/C20H33BFN5O4/c1-12(2)10-17(21(30)31)27-19(29)16(6-5-9-25-20(23)24-4)26-18(28)14-11-13(3)7-8-15(14)22/h7-8,11-12,16-17,30-31H,5-6,9-10H2,1-4H3,(H,26,28)(H,27,29)(H3,23,24,25)/t16-,17-/m0/s1. The molecule has 0 aliphatic carbocycles. The Kier molecular flexibility index (Phi) is 11.0. The molecule has 11 heteroatoms. The molecule has 0 fully saturated rings. The third-order valence-corrected chi connectivity index (χ3v) is 4.62. The minimum absolute atomic E-state index is 0.0956. The van der Waals surface area contributed by atoms with E-state index in [2.05, 4.69) is 21.3 Å². The van der Waals surface area contributed by atoms with Gasteiger partial charge >= 0.3 is 7.12 Å². The van der Waals surface area contributed by atoms with Gasteiger partial charge in [0.2, 0.25) is 5.91 Å². The van der Waals surface area contributed by atoms with Gasteiger partial charge in [-0.25, -0.2) is 4.39 Å². The Bertz CT molecular complexity index is 763. The number of aryl methyl sites for hydroxylation is 1. The van der Waals surface area contributed by atoms with Crippen LogP contribution in [0.3, 0.4) is 0 Å². The number of nitrogens with one attached hydrogen (secondary N) is 5. The SMILES string of the molecule is CNC(=N)NCCC[C@H](NC(=O)c1cc(C)ccc1F)C(=O)N[C@@H](CC(C)C)B(O)O. The van der Waals surface area contributed by atoms with E-state index in [0.29, 0.717) is 24.9 Å². The molecule has 0 spiro atoms. The fraction of sp³-hybridized carbons (Fsp3) is 0.550. The van der Waals surface area contributed by atoms with Crippen molar-refractivity contribution in [2.45, 2.75) is 52.0 Å². The molecular formula is C20H33BFN5O4. The lowest BCUT2D eigenvalue weighted by Gasteiger charge is -2.24. The van der Waals surface area contributed by atoms with Gasteiger partial charge in [-0.1, -0.05) is 25.5 Å². The van der Waals surface area contributed by atoms with E-state index >= 15 is 0 Å². The number of carbonyl (C=O) groups is 2. The molecule has 1 rings (SSSR count). The van der Waals surface area contributed by atoms with Crippen molar-refractivity contribution in [3.05, 3.63) is 35.1 Å². The number of benzene rings is 1. The predicted molar refractivity (Wildman–Crippen MR) is 118 cm³/mol. The normalized spacial score (nSPS) is 12.6. The monoisotopic (exact) mass is 437 g/mol. The van der Waals surface area contributed by atoms with Gasteiger partial charge in [0, 0.05) is 13.6 Å². The third-order valence-electron chi connectivity index (χ3n) is 4.62.